The number of carbonyl (C=O) groups is 1. The molecule has 0 aliphatic carbocycles. The van der Waals surface area contributed by atoms with E-state index < -0.39 is 6.10 Å². The van der Waals surface area contributed by atoms with Gasteiger partial charge in [-0.05, 0) is 96.3 Å². The summed E-state index contributed by atoms with van der Waals surface area (Å²) in [6.45, 7) is 5.00. The molecule has 4 heteroatoms. The molecular formula is C45H72O4. The van der Waals surface area contributed by atoms with Crippen molar-refractivity contribution in [1.29, 1.82) is 0 Å². The van der Waals surface area contributed by atoms with Gasteiger partial charge in [0.25, 0.3) is 0 Å². The van der Waals surface area contributed by atoms with Gasteiger partial charge in [0, 0.05) is 13.0 Å². The molecule has 1 unspecified atom stereocenters. The van der Waals surface area contributed by atoms with Crippen molar-refractivity contribution in [3.8, 4) is 0 Å². The summed E-state index contributed by atoms with van der Waals surface area (Å²) in [7, 11) is 0. The molecule has 0 heterocycles. The Hall–Kier alpha value is -2.95. The number of hydrogen-bond acceptors (Lipinski definition) is 4. The van der Waals surface area contributed by atoms with E-state index in [1.54, 1.807) is 0 Å². The summed E-state index contributed by atoms with van der Waals surface area (Å²) in [5.41, 5.74) is 0. The van der Waals surface area contributed by atoms with E-state index >= 15 is 0 Å². The van der Waals surface area contributed by atoms with Gasteiger partial charge >= 0.3 is 5.97 Å². The lowest BCUT2D eigenvalue weighted by Gasteiger charge is -2.15. The maximum Gasteiger partial charge on any atom is 0.306 e. The molecule has 0 aromatic heterocycles. The molecule has 0 fully saturated rings. The van der Waals surface area contributed by atoms with E-state index in [1.807, 2.05) is 0 Å². The lowest BCUT2D eigenvalue weighted by Crippen LogP contribution is -2.27. The van der Waals surface area contributed by atoms with Crippen molar-refractivity contribution < 1.29 is 19.4 Å². The second-order valence-corrected chi connectivity index (χ2v) is 12.2. The van der Waals surface area contributed by atoms with Gasteiger partial charge in [-0.15, -0.1) is 0 Å². The molecule has 0 aliphatic rings. The molecule has 1 N–H and O–H groups in total. The third kappa shape index (κ3) is 39.4. The monoisotopic (exact) mass is 677 g/mol. The van der Waals surface area contributed by atoms with Crippen molar-refractivity contribution >= 4 is 5.97 Å². The van der Waals surface area contributed by atoms with Crippen molar-refractivity contribution in [3.05, 3.63) is 109 Å². The minimum atomic E-state index is -0.569. The molecular weight excluding hydrogens is 604 g/mol. The van der Waals surface area contributed by atoms with Gasteiger partial charge in [-0.1, -0.05) is 149 Å². The SMILES string of the molecule is CC/C=C\C/C=C\C/C=C\C/C=C\C/C=C\CCCCCCCC(=O)OC(CO)COCCCCC/C=C\C/C=C\C/C=C\C/C=C\CC. The van der Waals surface area contributed by atoms with Gasteiger partial charge in [0.1, 0.15) is 6.10 Å². The molecule has 4 nitrogen and oxygen atoms in total. The van der Waals surface area contributed by atoms with Gasteiger partial charge in [-0.2, -0.15) is 0 Å². The zero-order chi connectivity index (χ0) is 35.6. The van der Waals surface area contributed by atoms with Gasteiger partial charge in [0.15, 0.2) is 0 Å². The molecule has 1 atom stereocenters. The molecule has 0 aromatic rings. The first-order valence-corrected chi connectivity index (χ1v) is 19.5. The molecule has 0 saturated carbocycles. The zero-order valence-corrected chi connectivity index (χ0v) is 31.4. The minimum absolute atomic E-state index is 0.201. The van der Waals surface area contributed by atoms with Gasteiger partial charge in [-0.25, -0.2) is 0 Å². The first kappa shape index (κ1) is 46.1. The van der Waals surface area contributed by atoms with Crippen LogP contribution in [-0.2, 0) is 14.3 Å². The highest BCUT2D eigenvalue weighted by molar-refractivity contribution is 5.69. The number of allylic oxidation sites excluding steroid dienone is 18. The molecule has 0 aliphatic heterocycles. The Morgan fingerprint density at radius 2 is 0.857 bits per heavy atom. The topological polar surface area (TPSA) is 55.8 Å². The highest BCUT2D eigenvalue weighted by Crippen LogP contribution is 2.10. The van der Waals surface area contributed by atoms with Crippen molar-refractivity contribution in [2.24, 2.45) is 0 Å². The van der Waals surface area contributed by atoms with E-state index in [4.69, 9.17) is 9.47 Å². The second kappa shape index (κ2) is 41.2. The van der Waals surface area contributed by atoms with Crippen molar-refractivity contribution in [2.75, 3.05) is 19.8 Å². The predicted molar refractivity (Wildman–Crippen MR) is 214 cm³/mol. The quantitative estimate of drug-likeness (QED) is 0.0419. The molecule has 0 bridgehead atoms. The van der Waals surface area contributed by atoms with Gasteiger partial charge < -0.3 is 14.6 Å². The summed E-state index contributed by atoms with van der Waals surface area (Å²) in [4.78, 5) is 12.2. The number of aliphatic hydroxyl groups excluding tert-OH is 1. The van der Waals surface area contributed by atoms with Crippen LogP contribution in [0.2, 0.25) is 0 Å². The third-order valence-corrected chi connectivity index (χ3v) is 7.59. The fraction of sp³-hybridized carbons (Fsp3) is 0.578. The Morgan fingerprint density at radius 3 is 1.29 bits per heavy atom. The van der Waals surface area contributed by atoms with Crippen LogP contribution in [0.1, 0.15) is 142 Å². The highest BCUT2D eigenvalue weighted by Gasteiger charge is 2.13. The summed E-state index contributed by atoms with van der Waals surface area (Å²) in [5, 5.41) is 9.57. The summed E-state index contributed by atoms with van der Waals surface area (Å²) >= 11 is 0. The predicted octanol–water partition coefficient (Wildman–Crippen LogP) is 12.8. The van der Waals surface area contributed by atoms with Crippen LogP contribution in [0.25, 0.3) is 0 Å². The fourth-order valence-corrected chi connectivity index (χ4v) is 4.75. The Bertz CT molecular complexity index is 976. The van der Waals surface area contributed by atoms with Gasteiger partial charge in [0.05, 0.1) is 13.2 Å². The number of carbonyl (C=O) groups excluding carboxylic acids is 1. The smallest absolute Gasteiger partial charge is 0.306 e. The average Bonchev–Trinajstić information content (AvgIpc) is 3.11. The number of ether oxygens (including phenoxy) is 2. The Kier molecular flexibility index (Phi) is 38.7. The van der Waals surface area contributed by atoms with Crippen LogP contribution >= 0.6 is 0 Å². The van der Waals surface area contributed by atoms with Crippen LogP contribution in [-0.4, -0.2) is 37.0 Å². The average molecular weight is 677 g/mol. The summed E-state index contributed by atoms with van der Waals surface area (Å²) in [6.07, 6.45) is 59.9. The number of aliphatic hydroxyl groups is 1. The molecule has 0 rings (SSSR count). The van der Waals surface area contributed by atoms with E-state index in [0.29, 0.717) is 13.0 Å². The number of hydrogen-bond donors (Lipinski definition) is 1. The van der Waals surface area contributed by atoms with Crippen LogP contribution in [0.3, 0.4) is 0 Å². The molecule has 0 amide bonds. The molecule has 0 aromatic carbocycles. The van der Waals surface area contributed by atoms with E-state index in [2.05, 4.69) is 123 Å². The lowest BCUT2D eigenvalue weighted by atomic mass is 10.1. The maximum atomic E-state index is 12.2. The molecule has 276 valence electrons. The Balaban J connectivity index is 3.61. The van der Waals surface area contributed by atoms with E-state index in [-0.39, 0.29) is 19.2 Å². The van der Waals surface area contributed by atoms with Crippen LogP contribution < -0.4 is 0 Å². The van der Waals surface area contributed by atoms with E-state index in [0.717, 1.165) is 109 Å². The largest absolute Gasteiger partial charge is 0.457 e. The Morgan fingerprint density at radius 1 is 0.490 bits per heavy atom. The molecule has 49 heavy (non-hydrogen) atoms. The van der Waals surface area contributed by atoms with Crippen molar-refractivity contribution in [3.63, 3.8) is 0 Å². The molecule has 0 radical (unpaired) electrons. The van der Waals surface area contributed by atoms with Crippen LogP contribution in [0, 0.1) is 0 Å². The van der Waals surface area contributed by atoms with E-state index in [9.17, 15) is 9.90 Å². The first-order valence-electron chi connectivity index (χ1n) is 19.5. The molecule has 0 saturated heterocycles. The number of esters is 1. The maximum absolute atomic E-state index is 12.2. The van der Waals surface area contributed by atoms with Crippen LogP contribution in [0.4, 0.5) is 0 Å². The normalized spacial score (nSPS) is 13.6. The zero-order valence-electron chi connectivity index (χ0n) is 31.4. The van der Waals surface area contributed by atoms with Gasteiger partial charge in [-0.3, -0.25) is 4.79 Å². The van der Waals surface area contributed by atoms with Crippen molar-refractivity contribution in [1.82, 2.24) is 0 Å². The minimum Gasteiger partial charge on any atom is -0.457 e. The molecule has 0 spiro atoms. The Labute approximate surface area is 302 Å². The van der Waals surface area contributed by atoms with Crippen LogP contribution in [0.5, 0.6) is 0 Å². The summed E-state index contributed by atoms with van der Waals surface area (Å²) < 4.78 is 11.1. The summed E-state index contributed by atoms with van der Waals surface area (Å²) in [6, 6.07) is 0. The first-order chi connectivity index (χ1) is 24.2. The number of rotatable bonds is 34. The number of unbranched alkanes of at least 4 members (excludes halogenated alkanes) is 8. The van der Waals surface area contributed by atoms with Crippen molar-refractivity contribution in [2.45, 2.75) is 148 Å². The van der Waals surface area contributed by atoms with Gasteiger partial charge in [0.2, 0.25) is 0 Å². The third-order valence-electron chi connectivity index (χ3n) is 7.59. The highest BCUT2D eigenvalue weighted by atomic mass is 16.6. The lowest BCUT2D eigenvalue weighted by molar-refractivity contribution is -0.154. The fourth-order valence-electron chi connectivity index (χ4n) is 4.75. The standard InChI is InChI=1S/C45H72O4/c1-3-5-7-9-11-13-15-17-19-21-22-23-24-25-26-28-30-32-34-36-38-40-45(47)49-44(42-46)43-48-41-39-37-35-33-31-29-27-20-18-16-14-12-10-8-6-4-2/h5-8,11-14,17-20,22-23,25-26,29,31,44,46H,3-4,9-10,15-16,21,24,27-28,30,32-43H2,1-2H3/b7-5-,8-6-,13-11-,14-12-,19-17-,20-18-,23-22-,26-25-,31-29-. The van der Waals surface area contributed by atoms with E-state index in [1.165, 1.54) is 12.8 Å². The summed E-state index contributed by atoms with van der Waals surface area (Å²) in [5.74, 6) is -0.237. The van der Waals surface area contributed by atoms with Crippen LogP contribution in [0.15, 0.2) is 109 Å². The second-order valence-electron chi connectivity index (χ2n) is 12.2.